The van der Waals surface area contributed by atoms with Gasteiger partial charge in [-0.05, 0) is 71.4 Å². The van der Waals surface area contributed by atoms with Gasteiger partial charge in [0.15, 0.2) is 0 Å². The highest BCUT2D eigenvalue weighted by molar-refractivity contribution is 6.25. The van der Waals surface area contributed by atoms with Crippen LogP contribution in [0.3, 0.4) is 0 Å². The predicted octanol–water partition coefficient (Wildman–Crippen LogP) is 9.63. The smallest absolute Gasteiger partial charge is 0.0622 e. The van der Waals surface area contributed by atoms with Gasteiger partial charge >= 0.3 is 0 Å². The second-order valence-corrected chi connectivity index (χ2v) is 8.21. The van der Waals surface area contributed by atoms with E-state index in [1.165, 1.54) is 0 Å². The zero-order valence-corrected chi connectivity index (χ0v) is 18.0. The van der Waals surface area contributed by atoms with Crippen LogP contribution in [0.25, 0.3) is 65.3 Å². The lowest BCUT2D eigenvalue weighted by Crippen LogP contribution is -1.92. The first kappa shape index (κ1) is 12.2. The fourth-order valence-electron chi connectivity index (χ4n) is 4.97. The van der Waals surface area contributed by atoms with Crippen molar-refractivity contribution in [1.29, 1.82) is 0 Å². The Balaban J connectivity index is 1.84. The van der Waals surface area contributed by atoms with Crippen molar-refractivity contribution >= 4 is 43.1 Å². The topological polar surface area (TPSA) is 0 Å². The highest BCUT2D eigenvalue weighted by atomic mass is 14.2. The van der Waals surface area contributed by atoms with Crippen LogP contribution in [0, 0.1) is 0 Å². The predicted molar refractivity (Wildman–Crippen MR) is 147 cm³/mol. The van der Waals surface area contributed by atoms with Gasteiger partial charge in [0.25, 0.3) is 0 Å². The Hall–Kier alpha value is -4.42. The van der Waals surface area contributed by atoms with Crippen molar-refractivity contribution in [3.05, 3.63) is 133 Å². The molecule has 0 radical (unpaired) electrons. The number of hydrogen-bond donors (Lipinski definition) is 0. The van der Waals surface area contributed by atoms with E-state index in [-0.39, 0.29) is 39.2 Å². The minimum atomic E-state index is -0.526. The van der Waals surface area contributed by atoms with Gasteiger partial charge in [-0.15, -0.1) is 0 Å². The summed E-state index contributed by atoms with van der Waals surface area (Å²) in [4.78, 5) is 0. The molecule has 0 saturated carbocycles. The van der Waals surface area contributed by atoms with E-state index in [1.807, 2.05) is 78.9 Å². The van der Waals surface area contributed by atoms with Gasteiger partial charge < -0.3 is 0 Å². The highest BCUT2D eigenvalue weighted by Crippen LogP contribution is 2.46. The molecule has 0 saturated heterocycles. The molecule has 0 aromatic heterocycles. The van der Waals surface area contributed by atoms with Gasteiger partial charge in [0.05, 0.1) is 12.3 Å². The van der Waals surface area contributed by atoms with E-state index >= 15 is 0 Å². The van der Waals surface area contributed by atoms with Crippen molar-refractivity contribution in [3.63, 3.8) is 0 Å². The Morgan fingerprint density at radius 2 is 0.912 bits per heavy atom. The first-order chi connectivity index (χ1) is 20.6. The van der Waals surface area contributed by atoms with Gasteiger partial charge in [-0.3, -0.25) is 0 Å². The summed E-state index contributed by atoms with van der Waals surface area (Å²) >= 11 is 0. The van der Waals surface area contributed by atoms with Gasteiger partial charge in [-0.1, -0.05) is 127 Å². The Morgan fingerprint density at radius 3 is 1.56 bits per heavy atom. The molecule has 0 aliphatic heterocycles. The van der Waals surface area contributed by atoms with Gasteiger partial charge in [-0.25, -0.2) is 0 Å². The first-order valence-electron chi connectivity index (χ1n) is 15.6. The lowest BCUT2D eigenvalue weighted by Gasteiger charge is -2.19. The maximum absolute atomic E-state index is 9.52. The summed E-state index contributed by atoms with van der Waals surface area (Å²) in [5.41, 5.74) is 2.75. The van der Waals surface area contributed by atoms with E-state index in [0.29, 0.717) is 5.56 Å². The van der Waals surface area contributed by atoms with Crippen LogP contribution in [0.1, 0.15) is 12.3 Å². The number of benzene rings is 7. The maximum atomic E-state index is 9.52. The van der Waals surface area contributed by atoms with Crippen molar-refractivity contribution in [3.8, 4) is 22.3 Å². The van der Waals surface area contributed by atoms with Gasteiger partial charge in [0.2, 0.25) is 0 Å². The zero-order valence-electron chi connectivity index (χ0n) is 27.0. The van der Waals surface area contributed by atoms with E-state index < -0.39 is 42.3 Å². The molecule has 0 aliphatic carbocycles. The Morgan fingerprint density at radius 1 is 0.412 bits per heavy atom. The summed E-state index contributed by atoms with van der Waals surface area (Å²) < 4.78 is 78.7. The van der Waals surface area contributed by atoms with E-state index in [2.05, 4.69) is 0 Å². The van der Waals surface area contributed by atoms with E-state index in [1.54, 1.807) is 0 Å². The Bertz CT molecular complexity index is 2270. The molecule has 7 aromatic carbocycles. The van der Waals surface area contributed by atoms with Crippen molar-refractivity contribution in [1.82, 2.24) is 0 Å². The lowest BCUT2D eigenvalue weighted by atomic mass is 9.84. The summed E-state index contributed by atoms with van der Waals surface area (Å²) in [6.07, 6.45) is 0. The highest BCUT2D eigenvalue weighted by Gasteiger charge is 2.18. The third kappa shape index (κ3) is 2.79. The minimum absolute atomic E-state index is 0.0284. The van der Waals surface area contributed by atoms with Gasteiger partial charge in [0, 0.05) is 0 Å². The second kappa shape index (κ2) is 7.57. The van der Waals surface area contributed by atoms with E-state index in [9.17, 15) is 1.37 Å². The number of rotatable bonds is 2. The zero-order chi connectivity index (χ0) is 30.3. The standard InChI is InChI=1S/C34H22/c1-2-12-23(13-3-1)33-28-18-8-10-20-30(28)34(31-21-11-9-19-29(31)33)32-22-24-14-4-5-15-25(24)26-16-6-7-17-27(26)32/h1-22H/i4D,5D,6D,7D,14D,15D,16D,17D,22D. The number of hydrogen-bond acceptors (Lipinski definition) is 0. The average molecular weight is 440 g/mol. The largest absolute Gasteiger partial charge is 0.0636 e. The average Bonchev–Trinajstić information content (AvgIpc) is 3.03. The molecule has 0 nitrogen and oxygen atoms in total. The first-order valence-corrected chi connectivity index (χ1v) is 11.1. The summed E-state index contributed by atoms with van der Waals surface area (Å²) in [7, 11) is 0. The van der Waals surface area contributed by atoms with Crippen LogP contribution >= 0.6 is 0 Å². The molecule has 0 fully saturated rings. The fourth-order valence-corrected chi connectivity index (χ4v) is 4.97. The van der Waals surface area contributed by atoms with Crippen LogP contribution in [0.2, 0.25) is 0 Å². The second-order valence-electron chi connectivity index (χ2n) is 8.21. The molecule has 0 aliphatic rings. The summed E-state index contributed by atoms with van der Waals surface area (Å²) in [5.74, 6) is 0. The van der Waals surface area contributed by atoms with E-state index in [4.69, 9.17) is 11.0 Å². The van der Waals surface area contributed by atoms with Crippen molar-refractivity contribution in [2.45, 2.75) is 0 Å². The Kier molecular flexibility index (Phi) is 2.71. The molecule has 0 bridgehead atoms. The minimum Gasteiger partial charge on any atom is -0.0622 e. The fraction of sp³-hybridized carbons (Fsp3) is 0. The van der Waals surface area contributed by atoms with E-state index in [0.717, 1.165) is 32.7 Å². The third-order valence-corrected chi connectivity index (χ3v) is 6.37. The van der Waals surface area contributed by atoms with Crippen LogP contribution in [0.15, 0.2) is 133 Å². The number of fused-ring (bicyclic) bond motifs is 5. The van der Waals surface area contributed by atoms with Gasteiger partial charge in [0.1, 0.15) is 0 Å². The molecule has 0 heteroatoms. The molecular formula is C34H22. The van der Waals surface area contributed by atoms with Crippen molar-refractivity contribution < 1.29 is 12.3 Å². The van der Waals surface area contributed by atoms with Crippen LogP contribution in [-0.4, -0.2) is 0 Å². The molecule has 0 amide bonds. The normalized spacial score (nSPS) is 15.2. The molecule has 0 N–H and O–H groups in total. The molecule has 0 unspecified atom stereocenters. The van der Waals surface area contributed by atoms with Crippen molar-refractivity contribution in [2.24, 2.45) is 0 Å². The summed E-state index contributed by atoms with van der Waals surface area (Å²) in [6, 6.07) is 21.5. The molecule has 158 valence electrons. The lowest BCUT2D eigenvalue weighted by molar-refractivity contribution is 1.67. The van der Waals surface area contributed by atoms with Gasteiger partial charge in [-0.2, -0.15) is 0 Å². The van der Waals surface area contributed by atoms with Crippen LogP contribution in [-0.2, 0) is 0 Å². The summed E-state index contributed by atoms with van der Waals surface area (Å²) in [6.45, 7) is 0. The molecular weight excluding hydrogens is 408 g/mol. The molecule has 0 spiro atoms. The third-order valence-electron chi connectivity index (χ3n) is 6.37. The monoisotopic (exact) mass is 439 g/mol. The van der Waals surface area contributed by atoms with Crippen LogP contribution < -0.4 is 0 Å². The Labute approximate surface area is 211 Å². The molecule has 7 aromatic rings. The van der Waals surface area contributed by atoms with Crippen molar-refractivity contribution in [2.75, 3.05) is 0 Å². The molecule has 0 heterocycles. The van der Waals surface area contributed by atoms with Crippen LogP contribution in [0.5, 0.6) is 0 Å². The summed E-state index contributed by atoms with van der Waals surface area (Å²) in [5, 5.41) is 3.12. The maximum Gasteiger partial charge on any atom is 0.0636 e. The van der Waals surface area contributed by atoms with Crippen LogP contribution in [0.4, 0.5) is 0 Å². The quantitative estimate of drug-likeness (QED) is 0.186. The molecule has 34 heavy (non-hydrogen) atoms. The molecule has 7 rings (SSSR count). The SMILES string of the molecule is [2H]c1c([2H])c([2H])c2c(c1[2H])c([2H])c(-c1c3ccccc3c(-c3ccccc3)c3ccccc13)c1c([2H])c([2H])c([2H])c([2H])c12. The molecule has 0 atom stereocenters.